The molecule has 0 radical (unpaired) electrons. The van der Waals surface area contributed by atoms with Crippen molar-refractivity contribution in [3.63, 3.8) is 0 Å². The highest BCUT2D eigenvalue weighted by Gasteiger charge is 2.41. The summed E-state index contributed by atoms with van der Waals surface area (Å²) in [7, 11) is -3.29. The summed E-state index contributed by atoms with van der Waals surface area (Å²) < 4.78 is 24.5. The van der Waals surface area contributed by atoms with Crippen LogP contribution in [0.2, 0.25) is 10.0 Å². The van der Waals surface area contributed by atoms with E-state index in [0.29, 0.717) is 28.6 Å². The topological polar surface area (TPSA) is 54.5 Å². The number of amides is 1. The maximum atomic E-state index is 12.8. The number of hydrogen-bond donors (Lipinski definition) is 0. The molecule has 28 heavy (non-hydrogen) atoms. The molecule has 1 aliphatic heterocycles. The van der Waals surface area contributed by atoms with Crippen molar-refractivity contribution in [1.82, 2.24) is 4.90 Å². The molecule has 2 aromatic carbocycles. The molecule has 7 heteroatoms. The number of carbonyl (C=O) groups excluding carboxylic acids is 1. The summed E-state index contributed by atoms with van der Waals surface area (Å²) in [6, 6.07) is 12.6. The first-order valence-corrected chi connectivity index (χ1v) is 11.4. The zero-order valence-electron chi connectivity index (χ0n) is 16.1. The molecule has 3 rings (SSSR count). The van der Waals surface area contributed by atoms with Crippen LogP contribution in [0, 0.1) is 0 Å². The van der Waals surface area contributed by atoms with Crippen LogP contribution in [-0.2, 0) is 9.84 Å². The van der Waals surface area contributed by atoms with Gasteiger partial charge in [-0.2, -0.15) is 0 Å². The monoisotopic (exact) mass is 439 g/mol. The Morgan fingerprint density at radius 3 is 2.18 bits per heavy atom. The van der Waals surface area contributed by atoms with Crippen LogP contribution in [0.3, 0.4) is 0 Å². The molecule has 1 saturated heterocycles. The van der Waals surface area contributed by atoms with Gasteiger partial charge in [-0.3, -0.25) is 4.79 Å². The second-order valence-electron chi connectivity index (χ2n) is 8.03. The average Bonchev–Trinajstić information content (AvgIpc) is 3.13. The van der Waals surface area contributed by atoms with Crippen LogP contribution in [0.4, 0.5) is 0 Å². The van der Waals surface area contributed by atoms with E-state index in [1.165, 1.54) is 0 Å². The van der Waals surface area contributed by atoms with Crippen LogP contribution < -0.4 is 0 Å². The van der Waals surface area contributed by atoms with Crippen LogP contribution in [0.1, 0.15) is 37.6 Å². The van der Waals surface area contributed by atoms with E-state index in [4.69, 9.17) is 23.2 Å². The van der Waals surface area contributed by atoms with Crippen LogP contribution >= 0.6 is 23.2 Å². The molecule has 0 bridgehead atoms. The minimum Gasteiger partial charge on any atom is -0.337 e. The fraction of sp³-hybridized carbons (Fsp3) is 0.381. The van der Waals surface area contributed by atoms with Crippen molar-refractivity contribution in [1.29, 1.82) is 0 Å². The standard InChI is InChI=1S/C21H23Cl2NO3S/c1-21(2,3)28(26,27)17-10-11-24(13-17)20(25)15-6-4-14(5-7-15)16-8-9-18(22)19(23)12-16/h4-9,12,17H,10-11,13H2,1-3H3. The van der Waals surface area contributed by atoms with Gasteiger partial charge in [-0.25, -0.2) is 8.42 Å². The van der Waals surface area contributed by atoms with Crippen molar-refractivity contribution >= 4 is 38.9 Å². The molecular weight excluding hydrogens is 417 g/mol. The van der Waals surface area contributed by atoms with Crippen LogP contribution in [0.25, 0.3) is 11.1 Å². The third kappa shape index (κ3) is 4.07. The molecule has 4 nitrogen and oxygen atoms in total. The Kier molecular flexibility index (Phi) is 5.81. The van der Waals surface area contributed by atoms with Gasteiger partial charge >= 0.3 is 0 Å². The van der Waals surface area contributed by atoms with E-state index in [0.717, 1.165) is 11.1 Å². The van der Waals surface area contributed by atoms with Gasteiger partial charge in [-0.15, -0.1) is 0 Å². The normalized spacial score (nSPS) is 17.8. The van der Waals surface area contributed by atoms with E-state index in [2.05, 4.69) is 0 Å². The highest BCUT2D eigenvalue weighted by molar-refractivity contribution is 7.93. The lowest BCUT2D eigenvalue weighted by Crippen LogP contribution is -2.39. The number of benzene rings is 2. The predicted octanol–water partition coefficient (Wildman–Crippen LogP) is 5.09. The molecule has 0 saturated carbocycles. The van der Waals surface area contributed by atoms with Crippen molar-refractivity contribution in [2.24, 2.45) is 0 Å². The number of rotatable bonds is 3. The first-order valence-electron chi connectivity index (χ1n) is 9.09. The first kappa shape index (κ1) is 21.2. The second-order valence-corrected chi connectivity index (χ2v) is 11.8. The van der Waals surface area contributed by atoms with Crippen LogP contribution in [0.15, 0.2) is 42.5 Å². The molecule has 0 spiro atoms. The molecule has 1 fully saturated rings. The number of nitrogens with zero attached hydrogens (tertiary/aromatic N) is 1. The maximum absolute atomic E-state index is 12.8. The van der Waals surface area contributed by atoms with Gasteiger partial charge in [0.1, 0.15) is 0 Å². The van der Waals surface area contributed by atoms with Crippen molar-refractivity contribution in [3.05, 3.63) is 58.1 Å². The molecule has 0 N–H and O–H groups in total. The Hall–Kier alpha value is -1.56. The van der Waals surface area contributed by atoms with Crippen LogP contribution in [-0.4, -0.2) is 42.3 Å². The molecule has 1 heterocycles. The lowest BCUT2D eigenvalue weighted by molar-refractivity contribution is 0.0793. The fourth-order valence-electron chi connectivity index (χ4n) is 3.33. The molecule has 150 valence electrons. The second kappa shape index (κ2) is 7.69. The summed E-state index contributed by atoms with van der Waals surface area (Å²) in [5.74, 6) is -0.146. The number of likely N-dealkylation sites (tertiary alicyclic amines) is 1. The first-order chi connectivity index (χ1) is 13.0. The van der Waals surface area contributed by atoms with Gasteiger partial charge in [0.2, 0.25) is 0 Å². The van der Waals surface area contributed by atoms with E-state index in [-0.39, 0.29) is 12.5 Å². The van der Waals surface area contributed by atoms with E-state index in [1.54, 1.807) is 49.9 Å². The lowest BCUT2D eigenvalue weighted by Gasteiger charge is -2.24. The zero-order valence-corrected chi connectivity index (χ0v) is 18.4. The van der Waals surface area contributed by atoms with Gasteiger partial charge in [-0.05, 0) is 62.6 Å². The van der Waals surface area contributed by atoms with Gasteiger partial charge in [0.25, 0.3) is 5.91 Å². The molecule has 2 aromatic rings. The van der Waals surface area contributed by atoms with Gasteiger partial charge in [0, 0.05) is 18.7 Å². The summed E-state index contributed by atoms with van der Waals surface area (Å²) in [6.45, 7) is 5.80. The Bertz CT molecular complexity index is 995. The van der Waals surface area contributed by atoms with Gasteiger partial charge < -0.3 is 4.90 Å². The third-order valence-corrected chi connectivity index (χ3v) is 8.82. The van der Waals surface area contributed by atoms with Gasteiger partial charge in [0.05, 0.1) is 20.0 Å². The Morgan fingerprint density at radius 1 is 1.00 bits per heavy atom. The van der Waals surface area contributed by atoms with Crippen molar-refractivity contribution < 1.29 is 13.2 Å². The Morgan fingerprint density at radius 2 is 1.61 bits per heavy atom. The molecule has 1 amide bonds. The Labute approximate surface area is 176 Å². The number of halogens is 2. The van der Waals surface area contributed by atoms with Gasteiger partial charge in [-0.1, -0.05) is 41.4 Å². The number of sulfone groups is 1. The molecule has 1 atom stereocenters. The molecular formula is C21H23Cl2NO3S. The molecule has 0 aliphatic carbocycles. The highest BCUT2D eigenvalue weighted by Crippen LogP contribution is 2.30. The van der Waals surface area contributed by atoms with E-state index >= 15 is 0 Å². The summed E-state index contributed by atoms with van der Waals surface area (Å²) >= 11 is 12.0. The summed E-state index contributed by atoms with van der Waals surface area (Å²) in [4.78, 5) is 14.4. The molecule has 1 aliphatic rings. The minimum atomic E-state index is -3.29. The smallest absolute Gasteiger partial charge is 0.253 e. The molecule has 0 aromatic heterocycles. The van der Waals surface area contributed by atoms with Crippen molar-refractivity contribution in [2.45, 2.75) is 37.2 Å². The minimum absolute atomic E-state index is 0.146. The zero-order chi connectivity index (χ0) is 20.7. The van der Waals surface area contributed by atoms with Crippen LogP contribution in [0.5, 0.6) is 0 Å². The number of hydrogen-bond acceptors (Lipinski definition) is 3. The maximum Gasteiger partial charge on any atom is 0.253 e. The quantitative estimate of drug-likeness (QED) is 0.668. The average molecular weight is 440 g/mol. The fourth-order valence-corrected chi connectivity index (χ4v) is 5.42. The predicted molar refractivity (Wildman–Crippen MR) is 115 cm³/mol. The van der Waals surface area contributed by atoms with E-state index < -0.39 is 19.8 Å². The van der Waals surface area contributed by atoms with E-state index in [9.17, 15) is 13.2 Å². The largest absolute Gasteiger partial charge is 0.337 e. The van der Waals surface area contributed by atoms with Crippen molar-refractivity contribution in [2.75, 3.05) is 13.1 Å². The molecule has 1 unspecified atom stereocenters. The third-order valence-electron chi connectivity index (χ3n) is 5.11. The summed E-state index contributed by atoms with van der Waals surface area (Å²) in [6.07, 6.45) is 0.479. The Balaban J connectivity index is 1.74. The van der Waals surface area contributed by atoms with Gasteiger partial charge in [0.15, 0.2) is 9.84 Å². The highest BCUT2D eigenvalue weighted by atomic mass is 35.5. The SMILES string of the molecule is CC(C)(C)S(=O)(=O)C1CCN(C(=O)c2ccc(-c3ccc(Cl)c(Cl)c3)cc2)C1. The summed E-state index contributed by atoms with van der Waals surface area (Å²) in [5.41, 5.74) is 2.37. The van der Waals surface area contributed by atoms with E-state index in [1.807, 2.05) is 18.2 Å². The van der Waals surface area contributed by atoms with Crippen molar-refractivity contribution in [3.8, 4) is 11.1 Å². The lowest BCUT2D eigenvalue weighted by atomic mass is 10.0. The number of carbonyl (C=O) groups is 1. The summed E-state index contributed by atoms with van der Waals surface area (Å²) in [5, 5.41) is 0.459.